The van der Waals surface area contributed by atoms with Gasteiger partial charge in [-0.05, 0) is 24.6 Å². The van der Waals surface area contributed by atoms with Crippen molar-refractivity contribution in [1.29, 1.82) is 0 Å². The summed E-state index contributed by atoms with van der Waals surface area (Å²) in [5.41, 5.74) is 3.11. The Bertz CT molecular complexity index is 905. The van der Waals surface area contributed by atoms with Gasteiger partial charge in [-0.2, -0.15) is 0 Å². The number of hydrogen-bond acceptors (Lipinski definition) is 3. The van der Waals surface area contributed by atoms with Gasteiger partial charge in [0.1, 0.15) is 5.82 Å². The number of rotatable bonds is 5. The molecule has 0 aliphatic rings. The van der Waals surface area contributed by atoms with Crippen LogP contribution in [0.4, 0.5) is 0 Å². The molecule has 1 amide bonds. The van der Waals surface area contributed by atoms with Crippen LogP contribution >= 0.6 is 0 Å². The fraction of sp³-hybridized carbons (Fsp3) is 0.150. The van der Waals surface area contributed by atoms with Crippen LogP contribution < -0.4 is 5.32 Å². The average Bonchev–Trinajstić information content (AvgIpc) is 3.05. The maximum atomic E-state index is 12.2. The summed E-state index contributed by atoms with van der Waals surface area (Å²) in [5, 5.41) is 6.98. The number of terminal acetylenes is 1. The fourth-order valence-corrected chi connectivity index (χ4v) is 2.44. The van der Waals surface area contributed by atoms with E-state index in [0.717, 1.165) is 16.8 Å². The molecule has 0 atom stereocenters. The second-order valence-electron chi connectivity index (χ2n) is 5.65. The predicted molar refractivity (Wildman–Crippen MR) is 96.5 cm³/mol. The van der Waals surface area contributed by atoms with Gasteiger partial charge >= 0.3 is 0 Å². The molecule has 3 rings (SSSR count). The van der Waals surface area contributed by atoms with E-state index in [2.05, 4.69) is 21.3 Å². The van der Waals surface area contributed by atoms with E-state index >= 15 is 0 Å². The van der Waals surface area contributed by atoms with Crippen molar-refractivity contribution in [1.82, 2.24) is 20.1 Å². The van der Waals surface area contributed by atoms with E-state index in [1.165, 1.54) is 0 Å². The van der Waals surface area contributed by atoms with Crippen LogP contribution in [0.3, 0.4) is 0 Å². The molecule has 5 heteroatoms. The van der Waals surface area contributed by atoms with Gasteiger partial charge in [0.15, 0.2) is 0 Å². The molecule has 2 aromatic carbocycles. The fourth-order valence-electron chi connectivity index (χ4n) is 2.44. The third-order valence-corrected chi connectivity index (χ3v) is 3.71. The Morgan fingerprint density at radius 3 is 2.56 bits per heavy atom. The van der Waals surface area contributed by atoms with Gasteiger partial charge in [0, 0.05) is 6.42 Å². The zero-order chi connectivity index (χ0) is 17.6. The van der Waals surface area contributed by atoms with Crippen molar-refractivity contribution in [2.24, 2.45) is 0 Å². The summed E-state index contributed by atoms with van der Waals surface area (Å²) in [6.07, 6.45) is 5.76. The third kappa shape index (κ3) is 3.93. The second-order valence-corrected chi connectivity index (χ2v) is 5.65. The van der Waals surface area contributed by atoms with Crippen molar-refractivity contribution >= 4 is 5.91 Å². The monoisotopic (exact) mass is 330 g/mol. The number of nitrogens with zero attached hydrogens (tertiary/aromatic N) is 3. The number of amides is 1. The number of aryl methyl sites for hydroxylation is 1. The molecule has 25 heavy (non-hydrogen) atoms. The molecule has 3 aromatic rings. The van der Waals surface area contributed by atoms with Crippen molar-refractivity contribution in [3.8, 4) is 18.0 Å². The highest BCUT2D eigenvalue weighted by molar-refractivity contribution is 5.90. The number of carbonyl (C=O) groups is 1. The lowest BCUT2D eigenvalue weighted by atomic mass is 10.1. The molecule has 0 fully saturated rings. The summed E-state index contributed by atoms with van der Waals surface area (Å²) in [5.74, 6) is 2.80. The van der Waals surface area contributed by atoms with Crippen molar-refractivity contribution in [2.45, 2.75) is 13.3 Å². The molecule has 0 saturated heterocycles. The molecule has 1 N–H and O–H groups in total. The summed E-state index contributed by atoms with van der Waals surface area (Å²) in [6, 6.07) is 17.9. The highest BCUT2D eigenvalue weighted by Crippen LogP contribution is 2.15. The minimum atomic E-state index is -0.377. The number of hydrogen-bond donors (Lipinski definition) is 1. The highest BCUT2D eigenvalue weighted by atomic mass is 16.2. The van der Waals surface area contributed by atoms with Gasteiger partial charge in [-0.3, -0.25) is 4.79 Å². The first-order valence-electron chi connectivity index (χ1n) is 7.96. The Morgan fingerprint density at radius 2 is 1.88 bits per heavy atom. The van der Waals surface area contributed by atoms with E-state index in [0.29, 0.717) is 12.2 Å². The normalized spacial score (nSPS) is 10.2. The lowest BCUT2D eigenvalue weighted by Crippen LogP contribution is -2.24. The molecular formula is C20H18N4O. The maximum absolute atomic E-state index is 12.2. The van der Waals surface area contributed by atoms with E-state index in [1.807, 2.05) is 61.5 Å². The van der Waals surface area contributed by atoms with E-state index in [-0.39, 0.29) is 18.3 Å². The second kappa shape index (κ2) is 7.45. The van der Waals surface area contributed by atoms with Crippen LogP contribution in [-0.2, 0) is 6.42 Å². The largest absolute Gasteiger partial charge is 0.338 e. The number of carbonyl (C=O) groups excluding carboxylic acids is 1. The van der Waals surface area contributed by atoms with Gasteiger partial charge in [-0.1, -0.05) is 53.9 Å². The van der Waals surface area contributed by atoms with Gasteiger partial charge in [0.2, 0.25) is 5.82 Å². The first-order chi connectivity index (χ1) is 12.2. The molecule has 0 saturated carbocycles. The topological polar surface area (TPSA) is 59.8 Å². The zero-order valence-corrected chi connectivity index (χ0v) is 13.9. The summed E-state index contributed by atoms with van der Waals surface area (Å²) in [6.45, 7) is 2.17. The van der Waals surface area contributed by atoms with Crippen LogP contribution in [0.5, 0.6) is 0 Å². The molecule has 0 spiro atoms. The van der Waals surface area contributed by atoms with Gasteiger partial charge < -0.3 is 5.32 Å². The van der Waals surface area contributed by atoms with Gasteiger partial charge in [-0.25, -0.2) is 9.67 Å². The number of benzene rings is 2. The molecule has 0 aliphatic heterocycles. The molecule has 0 aliphatic carbocycles. The minimum Gasteiger partial charge on any atom is -0.338 e. The quantitative estimate of drug-likeness (QED) is 0.731. The van der Waals surface area contributed by atoms with Gasteiger partial charge in [0.05, 0.1) is 12.2 Å². The van der Waals surface area contributed by atoms with E-state index in [9.17, 15) is 4.79 Å². The molecule has 0 bridgehead atoms. The average molecular weight is 330 g/mol. The summed E-state index contributed by atoms with van der Waals surface area (Å²) in [7, 11) is 0. The summed E-state index contributed by atoms with van der Waals surface area (Å²) >= 11 is 0. The summed E-state index contributed by atoms with van der Waals surface area (Å²) in [4.78, 5) is 16.6. The van der Waals surface area contributed by atoms with Gasteiger partial charge in [-0.15, -0.1) is 11.5 Å². The SMILES string of the molecule is C#CCNC(=O)c1nc(Cc2ccccc2)n(-c2ccc(C)cc2)n1. The van der Waals surface area contributed by atoms with Crippen molar-refractivity contribution in [3.05, 3.63) is 77.4 Å². The molecule has 0 radical (unpaired) electrons. The molecule has 5 nitrogen and oxygen atoms in total. The Morgan fingerprint density at radius 1 is 1.16 bits per heavy atom. The van der Waals surface area contributed by atoms with Crippen molar-refractivity contribution < 1.29 is 4.79 Å². The molecule has 0 unspecified atom stereocenters. The van der Waals surface area contributed by atoms with Crippen LogP contribution in [0, 0.1) is 19.3 Å². The predicted octanol–water partition coefficient (Wildman–Crippen LogP) is 2.53. The van der Waals surface area contributed by atoms with Crippen LogP contribution in [-0.4, -0.2) is 27.2 Å². The van der Waals surface area contributed by atoms with E-state index in [1.54, 1.807) is 4.68 Å². The first kappa shape index (κ1) is 16.5. The van der Waals surface area contributed by atoms with E-state index in [4.69, 9.17) is 6.42 Å². The van der Waals surface area contributed by atoms with Gasteiger partial charge in [0.25, 0.3) is 5.91 Å². The molecule has 124 valence electrons. The minimum absolute atomic E-state index is 0.113. The zero-order valence-electron chi connectivity index (χ0n) is 13.9. The number of nitrogens with one attached hydrogen (secondary N) is 1. The summed E-state index contributed by atoms with van der Waals surface area (Å²) < 4.78 is 1.71. The Kier molecular flexibility index (Phi) is 4.91. The highest BCUT2D eigenvalue weighted by Gasteiger charge is 2.17. The van der Waals surface area contributed by atoms with Crippen molar-refractivity contribution in [3.63, 3.8) is 0 Å². The standard InChI is InChI=1S/C20H18N4O/c1-3-13-21-20(25)19-22-18(14-16-7-5-4-6-8-16)24(23-19)17-11-9-15(2)10-12-17/h1,4-12H,13-14H2,2H3,(H,21,25). The lowest BCUT2D eigenvalue weighted by Gasteiger charge is -2.06. The van der Waals surface area contributed by atoms with Crippen LogP contribution in [0.2, 0.25) is 0 Å². The van der Waals surface area contributed by atoms with Crippen LogP contribution in [0.25, 0.3) is 5.69 Å². The smallest absolute Gasteiger partial charge is 0.291 e. The lowest BCUT2D eigenvalue weighted by molar-refractivity contribution is 0.0948. The Balaban J connectivity index is 1.98. The van der Waals surface area contributed by atoms with Crippen LogP contribution in [0.15, 0.2) is 54.6 Å². The Labute approximate surface area is 146 Å². The van der Waals surface area contributed by atoms with Crippen LogP contribution in [0.1, 0.15) is 27.6 Å². The maximum Gasteiger partial charge on any atom is 0.291 e. The third-order valence-electron chi connectivity index (χ3n) is 3.71. The van der Waals surface area contributed by atoms with E-state index < -0.39 is 0 Å². The Hall–Kier alpha value is -3.39. The number of aromatic nitrogens is 3. The molecular weight excluding hydrogens is 312 g/mol. The molecule has 1 aromatic heterocycles. The van der Waals surface area contributed by atoms with Crippen molar-refractivity contribution in [2.75, 3.05) is 6.54 Å². The molecule has 1 heterocycles. The first-order valence-corrected chi connectivity index (χ1v) is 7.96.